The fourth-order valence-electron chi connectivity index (χ4n) is 1.59. The number of aromatic hydroxyl groups is 1. The van der Waals surface area contributed by atoms with Gasteiger partial charge in [-0.15, -0.1) is 0 Å². The molecular weight excluding hydrogens is 216 g/mol. The summed E-state index contributed by atoms with van der Waals surface area (Å²) in [5.41, 5.74) is 0.875. The third kappa shape index (κ3) is 3.22. The van der Waals surface area contributed by atoms with Crippen LogP contribution >= 0.6 is 0 Å². The third-order valence-corrected chi connectivity index (χ3v) is 2.77. The molecule has 2 rings (SSSR count). The van der Waals surface area contributed by atoms with E-state index in [4.69, 9.17) is 10.4 Å². The van der Waals surface area contributed by atoms with E-state index in [2.05, 4.69) is 5.32 Å². The van der Waals surface area contributed by atoms with Gasteiger partial charge in [-0.3, -0.25) is 4.79 Å². The number of benzene rings is 1. The molecule has 1 amide bonds. The van der Waals surface area contributed by atoms with Crippen LogP contribution in [0.2, 0.25) is 0 Å². The Morgan fingerprint density at radius 1 is 1.47 bits per heavy atom. The molecule has 1 aliphatic rings. The molecule has 0 bridgehead atoms. The Hall–Kier alpha value is -2.02. The Kier molecular flexibility index (Phi) is 3.29. The number of hydrogen-bond acceptors (Lipinski definition) is 3. The van der Waals surface area contributed by atoms with Crippen molar-refractivity contribution in [1.82, 2.24) is 5.32 Å². The average molecular weight is 230 g/mol. The van der Waals surface area contributed by atoms with Gasteiger partial charge in [0.2, 0.25) is 5.91 Å². The zero-order valence-corrected chi connectivity index (χ0v) is 9.39. The molecule has 1 aromatic rings. The van der Waals surface area contributed by atoms with Gasteiger partial charge >= 0.3 is 0 Å². The highest BCUT2D eigenvalue weighted by atomic mass is 16.3. The summed E-state index contributed by atoms with van der Waals surface area (Å²) in [4.78, 5) is 11.7. The van der Waals surface area contributed by atoms with Crippen molar-refractivity contribution in [2.45, 2.75) is 25.3 Å². The highest BCUT2D eigenvalue weighted by Crippen LogP contribution is 2.20. The first-order chi connectivity index (χ1) is 8.19. The van der Waals surface area contributed by atoms with Crippen LogP contribution in [-0.2, 0) is 11.2 Å². The van der Waals surface area contributed by atoms with Crippen molar-refractivity contribution in [1.29, 1.82) is 5.26 Å². The molecule has 0 radical (unpaired) electrons. The zero-order chi connectivity index (χ0) is 12.3. The van der Waals surface area contributed by atoms with Crippen molar-refractivity contribution in [2.75, 3.05) is 0 Å². The van der Waals surface area contributed by atoms with E-state index in [0.29, 0.717) is 6.42 Å². The smallest absolute Gasteiger partial charge is 0.237 e. The van der Waals surface area contributed by atoms with Crippen LogP contribution in [-0.4, -0.2) is 17.1 Å². The minimum atomic E-state index is -0.653. The summed E-state index contributed by atoms with van der Waals surface area (Å²) in [5.74, 6) is -0.659. The van der Waals surface area contributed by atoms with E-state index in [0.717, 1.165) is 18.4 Å². The summed E-state index contributed by atoms with van der Waals surface area (Å²) >= 11 is 0. The van der Waals surface area contributed by atoms with E-state index in [9.17, 15) is 4.79 Å². The predicted molar refractivity (Wildman–Crippen MR) is 62.1 cm³/mol. The minimum Gasteiger partial charge on any atom is -0.508 e. The van der Waals surface area contributed by atoms with Crippen molar-refractivity contribution < 1.29 is 9.90 Å². The number of phenols is 1. The van der Waals surface area contributed by atoms with E-state index in [1.807, 2.05) is 6.07 Å². The summed E-state index contributed by atoms with van der Waals surface area (Å²) in [6.45, 7) is 0. The van der Waals surface area contributed by atoms with E-state index < -0.39 is 5.92 Å². The Morgan fingerprint density at radius 2 is 2.12 bits per heavy atom. The number of rotatable bonds is 4. The third-order valence-electron chi connectivity index (χ3n) is 2.77. The molecule has 1 aliphatic carbocycles. The highest BCUT2D eigenvalue weighted by Gasteiger charge is 2.27. The van der Waals surface area contributed by atoms with Gasteiger partial charge in [-0.05, 0) is 37.0 Å². The maximum Gasteiger partial charge on any atom is 0.237 e. The summed E-state index contributed by atoms with van der Waals surface area (Å²) in [5, 5.41) is 21.0. The summed E-state index contributed by atoms with van der Waals surface area (Å²) in [6, 6.07) is 8.87. The molecule has 1 fully saturated rings. The van der Waals surface area contributed by atoms with E-state index in [1.54, 1.807) is 24.3 Å². The molecule has 0 saturated heterocycles. The van der Waals surface area contributed by atoms with E-state index >= 15 is 0 Å². The molecule has 0 aliphatic heterocycles. The molecule has 2 N–H and O–H groups in total. The molecule has 4 nitrogen and oxygen atoms in total. The molecule has 0 aromatic heterocycles. The van der Waals surface area contributed by atoms with Crippen LogP contribution in [0.5, 0.6) is 5.75 Å². The molecule has 1 atom stereocenters. The normalized spacial score (nSPS) is 15.9. The zero-order valence-electron chi connectivity index (χ0n) is 9.39. The number of carbonyl (C=O) groups is 1. The van der Waals surface area contributed by atoms with Crippen LogP contribution < -0.4 is 5.32 Å². The van der Waals surface area contributed by atoms with Crippen molar-refractivity contribution in [3.05, 3.63) is 29.8 Å². The maximum atomic E-state index is 11.7. The standard InChI is InChI=1S/C13H14N2O2/c14-8-10(13(17)15-11-3-4-11)7-9-1-5-12(16)6-2-9/h1-2,5-6,10-11,16H,3-4,7H2,(H,15,17). The fraction of sp³-hybridized carbons (Fsp3) is 0.385. The second-order valence-corrected chi connectivity index (χ2v) is 4.34. The SMILES string of the molecule is N#CC(Cc1ccc(O)cc1)C(=O)NC1CC1. The number of nitrogens with zero attached hydrogens (tertiary/aromatic N) is 1. The minimum absolute atomic E-state index is 0.185. The first-order valence-corrected chi connectivity index (χ1v) is 5.67. The molecule has 0 heterocycles. The van der Waals surface area contributed by atoms with Crippen LogP contribution in [0.3, 0.4) is 0 Å². The van der Waals surface area contributed by atoms with Crippen LogP contribution in [0.4, 0.5) is 0 Å². The van der Waals surface area contributed by atoms with Crippen LogP contribution in [0.15, 0.2) is 24.3 Å². The van der Waals surface area contributed by atoms with E-state index in [-0.39, 0.29) is 17.7 Å². The monoisotopic (exact) mass is 230 g/mol. The van der Waals surface area contributed by atoms with Crippen molar-refractivity contribution in [2.24, 2.45) is 5.92 Å². The fourth-order valence-corrected chi connectivity index (χ4v) is 1.59. The number of hydrogen-bond donors (Lipinski definition) is 2. The Morgan fingerprint density at radius 3 is 2.65 bits per heavy atom. The van der Waals surface area contributed by atoms with Gasteiger partial charge in [0.05, 0.1) is 6.07 Å². The van der Waals surface area contributed by atoms with Gasteiger partial charge in [-0.2, -0.15) is 5.26 Å². The topological polar surface area (TPSA) is 73.1 Å². The summed E-state index contributed by atoms with van der Waals surface area (Å²) < 4.78 is 0. The number of nitrogens with one attached hydrogen (secondary N) is 1. The number of nitriles is 1. The molecule has 1 saturated carbocycles. The van der Waals surface area contributed by atoms with Gasteiger partial charge in [0.25, 0.3) is 0 Å². The van der Waals surface area contributed by atoms with Crippen molar-refractivity contribution >= 4 is 5.91 Å². The van der Waals surface area contributed by atoms with Gasteiger partial charge in [-0.1, -0.05) is 12.1 Å². The molecule has 0 spiro atoms. The second-order valence-electron chi connectivity index (χ2n) is 4.34. The predicted octanol–water partition coefficient (Wildman–Crippen LogP) is 1.35. The molecule has 1 unspecified atom stereocenters. The van der Waals surface area contributed by atoms with Crippen molar-refractivity contribution in [3.8, 4) is 11.8 Å². The number of phenolic OH excluding ortho intramolecular Hbond substituents is 1. The van der Waals surface area contributed by atoms with Crippen LogP contribution in [0.25, 0.3) is 0 Å². The number of carbonyl (C=O) groups excluding carboxylic acids is 1. The highest BCUT2D eigenvalue weighted by molar-refractivity contribution is 5.81. The van der Waals surface area contributed by atoms with Gasteiger partial charge < -0.3 is 10.4 Å². The number of amides is 1. The lowest BCUT2D eigenvalue weighted by Crippen LogP contribution is -2.32. The lowest BCUT2D eigenvalue weighted by atomic mass is 10.00. The summed E-state index contributed by atoms with van der Waals surface area (Å²) in [6.07, 6.45) is 2.42. The molecule has 1 aromatic carbocycles. The van der Waals surface area contributed by atoms with Gasteiger partial charge in [-0.25, -0.2) is 0 Å². The Bertz CT molecular complexity index is 443. The molecule has 4 heteroatoms. The first kappa shape index (κ1) is 11.5. The Labute approximate surface area is 99.9 Å². The Balaban J connectivity index is 1.96. The average Bonchev–Trinajstić information content (AvgIpc) is 3.12. The lowest BCUT2D eigenvalue weighted by Gasteiger charge is -2.09. The van der Waals surface area contributed by atoms with Crippen LogP contribution in [0.1, 0.15) is 18.4 Å². The first-order valence-electron chi connectivity index (χ1n) is 5.67. The largest absolute Gasteiger partial charge is 0.508 e. The quantitative estimate of drug-likeness (QED) is 0.820. The van der Waals surface area contributed by atoms with Crippen LogP contribution in [0, 0.1) is 17.2 Å². The molecule has 88 valence electrons. The van der Waals surface area contributed by atoms with Gasteiger partial charge in [0.1, 0.15) is 11.7 Å². The molecule has 17 heavy (non-hydrogen) atoms. The summed E-state index contributed by atoms with van der Waals surface area (Å²) in [7, 11) is 0. The van der Waals surface area contributed by atoms with E-state index in [1.165, 1.54) is 0 Å². The second kappa shape index (κ2) is 4.88. The van der Waals surface area contributed by atoms with Crippen molar-refractivity contribution in [3.63, 3.8) is 0 Å². The van der Waals surface area contributed by atoms with Gasteiger partial charge in [0, 0.05) is 6.04 Å². The van der Waals surface area contributed by atoms with Gasteiger partial charge in [0.15, 0.2) is 0 Å². The molecular formula is C13H14N2O2. The lowest BCUT2D eigenvalue weighted by molar-refractivity contribution is -0.123. The maximum absolute atomic E-state index is 11.7.